The summed E-state index contributed by atoms with van der Waals surface area (Å²) in [6.07, 6.45) is 0. The molecule has 0 fully saturated rings. The van der Waals surface area contributed by atoms with E-state index in [0.717, 1.165) is 33.8 Å². The van der Waals surface area contributed by atoms with E-state index in [1.807, 2.05) is 19.9 Å². The van der Waals surface area contributed by atoms with Gasteiger partial charge in [0, 0.05) is 17.8 Å². The number of rotatable bonds is 4. The molecule has 96 valence electrons. The highest BCUT2D eigenvalue weighted by Gasteiger charge is 2.10. The third-order valence-electron chi connectivity index (χ3n) is 2.95. The van der Waals surface area contributed by atoms with Gasteiger partial charge in [-0.3, -0.25) is 5.10 Å². The van der Waals surface area contributed by atoms with Gasteiger partial charge >= 0.3 is 0 Å². The zero-order valence-corrected chi connectivity index (χ0v) is 11.1. The van der Waals surface area contributed by atoms with Crippen molar-refractivity contribution >= 4 is 0 Å². The largest absolute Gasteiger partial charge is 0.494 e. The minimum absolute atomic E-state index is 0.474. The lowest BCUT2D eigenvalue weighted by molar-refractivity contribution is 0.337. The van der Waals surface area contributed by atoms with E-state index in [2.05, 4.69) is 29.3 Å². The van der Waals surface area contributed by atoms with Gasteiger partial charge in [0.05, 0.1) is 12.3 Å². The first-order valence-corrected chi connectivity index (χ1v) is 6.14. The molecule has 0 saturated heterocycles. The molecule has 1 aromatic carbocycles. The molecule has 0 amide bonds. The molecule has 2 aromatic rings. The monoisotopic (exact) mass is 245 g/mol. The molecule has 1 aromatic heterocycles. The molecule has 0 radical (unpaired) electrons. The van der Waals surface area contributed by atoms with Crippen molar-refractivity contribution < 1.29 is 4.74 Å². The minimum atomic E-state index is 0.474. The number of ether oxygens (including phenoxy) is 1. The predicted octanol–water partition coefficient (Wildman–Crippen LogP) is 2.55. The Kier molecular flexibility index (Phi) is 3.67. The lowest BCUT2D eigenvalue weighted by Gasteiger charge is -2.11. The van der Waals surface area contributed by atoms with Crippen LogP contribution >= 0.6 is 0 Å². The highest BCUT2D eigenvalue weighted by Crippen LogP contribution is 2.29. The molecule has 0 unspecified atom stereocenters. The topological polar surface area (TPSA) is 63.9 Å². The highest BCUT2D eigenvalue weighted by atomic mass is 16.5. The first-order valence-electron chi connectivity index (χ1n) is 6.14. The molecular formula is C14H19N3O. The summed E-state index contributed by atoms with van der Waals surface area (Å²) in [5.41, 5.74) is 10.8. The first kappa shape index (κ1) is 12.6. The van der Waals surface area contributed by atoms with E-state index >= 15 is 0 Å². The zero-order chi connectivity index (χ0) is 13.1. The van der Waals surface area contributed by atoms with Crippen LogP contribution in [0, 0.1) is 13.8 Å². The van der Waals surface area contributed by atoms with Gasteiger partial charge in [0.1, 0.15) is 5.75 Å². The zero-order valence-electron chi connectivity index (χ0n) is 11.1. The van der Waals surface area contributed by atoms with Crippen molar-refractivity contribution in [1.82, 2.24) is 10.2 Å². The van der Waals surface area contributed by atoms with Crippen LogP contribution in [0.25, 0.3) is 11.3 Å². The Morgan fingerprint density at radius 2 is 2.00 bits per heavy atom. The normalized spacial score (nSPS) is 10.7. The number of nitrogens with zero attached hydrogens (tertiary/aromatic N) is 1. The van der Waals surface area contributed by atoms with Gasteiger partial charge in [-0.05, 0) is 50.1 Å². The van der Waals surface area contributed by atoms with Crippen molar-refractivity contribution in [3.63, 3.8) is 0 Å². The molecule has 0 aliphatic heterocycles. The molecule has 2 rings (SSSR count). The Morgan fingerprint density at radius 1 is 1.22 bits per heavy atom. The lowest BCUT2D eigenvalue weighted by Crippen LogP contribution is -1.96. The molecule has 4 heteroatoms. The Labute approximate surface area is 107 Å². The van der Waals surface area contributed by atoms with Crippen molar-refractivity contribution in [2.75, 3.05) is 6.61 Å². The van der Waals surface area contributed by atoms with Gasteiger partial charge in [-0.25, -0.2) is 0 Å². The standard InChI is InChI=1S/C14H19N3O/c1-4-18-14-6-9(2)12(5-10(14)3)13-7-11(8-15)16-17-13/h5-7H,4,8,15H2,1-3H3,(H,16,17). The first-order chi connectivity index (χ1) is 8.65. The Hall–Kier alpha value is -1.81. The molecule has 0 aliphatic rings. The van der Waals surface area contributed by atoms with Gasteiger partial charge in [-0.2, -0.15) is 5.10 Å². The third-order valence-corrected chi connectivity index (χ3v) is 2.95. The number of H-pyrrole nitrogens is 1. The van der Waals surface area contributed by atoms with Crippen molar-refractivity contribution in [2.24, 2.45) is 5.73 Å². The van der Waals surface area contributed by atoms with Crippen LogP contribution in [0.5, 0.6) is 5.75 Å². The fraction of sp³-hybridized carbons (Fsp3) is 0.357. The predicted molar refractivity (Wildman–Crippen MR) is 72.6 cm³/mol. The molecule has 4 nitrogen and oxygen atoms in total. The van der Waals surface area contributed by atoms with E-state index in [4.69, 9.17) is 10.5 Å². The molecule has 3 N–H and O–H groups in total. The van der Waals surface area contributed by atoms with Crippen LogP contribution in [-0.2, 0) is 6.54 Å². The summed E-state index contributed by atoms with van der Waals surface area (Å²) in [7, 11) is 0. The van der Waals surface area contributed by atoms with E-state index in [9.17, 15) is 0 Å². The summed E-state index contributed by atoms with van der Waals surface area (Å²) in [6, 6.07) is 6.16. The average Bonchev–Trinajstić information content (AvgIpc) is 2.82. The summed E-state index contributed by atoms with van der Waals surface area (Å²) in [5.74, 6) is 0.938. The van der Waals surface area contributed by atoms with Gasteiger partial charge in [0.15, 0.2) is 0 Å². The summed E-state index contributed by atoms with van der Waals surface area (Å²) in [5, 5.41) is 7.22. The smallest absolute Gasteiger partial charge is 0.122 e. The Morgan fingerprint density at radius 3 is 2.61 bits per heavy atom. The number of benzene rings is 1. The minimum Gasteiger partial charge on any atom is -0.494 e. The maximum absolute atomic E-state index is 5.59. The van der Waals surface area contributed by atoms with Crippen molar-refractivity contribution in [2.45, 2.75) is 27.3 Å². The van der Waals surface area contributed by atoms with Gasteiger partial charge in [-0.1, -0.05) is 0 Å². The fourth-order valence-corrected chi connectivity index (χ4v) is 1.98. The average molecular weight is 245 g/mol. The summed E-state index contributed by atoms with van der Waals surface area (Å²) < 4.78 is 5.59. The maximum Gasteiger partial charge on any atom is 0.122 e. The van der Waals surface area contributed by atoms with E-state index in [1.165, 1.54) is 0 Å². The Balaban J connectivity index is 2.42. The van der Waals surface area contributed by atoms with Gasteiger partial charge in [0.25, 0.3) is 0 Å². The molecule has 0 bridgehead atoms. The molecule has 0 saturated carbocycles. The van der Waals surface area contributed by atoms with E-state index < -0.39 is 0 Å². The van der Waals surface area contributed by atoms with Gasteiger partial charge < -0.3 is 10.5 Å². The van der Waals surface area contributed by atoms with Crippen LogP contribution in [0.1, 0.15) is 23.7 Å². The number of aromatic nitrogens is 2. The molecule has 0 atom stereocenters. The SMILES string of the molecule is CCOc1cc(C)c(-c2cc(CN)[nH]n2)cc1C. The van der Waals surface area contributed by atoms with E-state index in [1.54, 1.807) is 0 Å². The number of hydrogen-bond acceptors (Lipinski definition) is 3. The van der Waals surface area contributed by atoms with Crippen molar-refractivity contribution in [3.8, 4) is 17.0 Å². The molecule has 18 heavy (non-hydrogen) atoms. The number of hydrogen-bond donors (Lipinski definition) is 2. The number of aromatic amines is 1. The van der Waals surface area contributed by atoms with Gasteiger partial charge in [-0.15, -0.1) is 0 Å². The molecular weight excluding hydrogens is 226 g/mol. The summed E-state index contributed by atoms with van der Waals surface area (Å²) in [6.45, 7) is 7.25. The maximum atomic E-state index is 5.59. The Bertz CT molecular complexity index is 546. The van der Waals surface area contributed by atoms with Crippen LogP contribution in [0.4, 0.5) is 0 Å². The van der Waals surface area contributed by atoms with Crippen LogP contribution < -0.4 is 10.5 Å². The quantitative estimate of drug-likeness (QED) is 0.870. The second kappa shape index (κ2) is 5.23. The van der Waals surface area contributed by atoms with Crippen LogP contribution in [0.2, 0.25) is 0 Å². The third kappa shape index (κ3) is 2.38. The van der Waals surface area contributed by atoms with Gasteiger partial charge in [0.2, 0.25) is 0 Å². The number of aryl methyl sites for hydroxylation is 2. The second-order valence-electron chi connectivity index (χ2n) is 4.35. The molecule has 0 spiro atoms. The fourth-order valence-electron chi connectivity index (χ4n) is 1.98. The molecule has 0 aliphatic carbocycles. The highest BCUT2D eigenvalue weighted by molar-refractivity contribution is 5.66. The second-order valence-corrected chi connectivity index (χ2v) is 4.35. The lowest BCUT2D eigenvalue weighted by atomic mass is 10.0. The van der Waals surface area contributed by atoms with Crippen molar-refractivity contribution in [1.29, 1.82) is 0 Å². The van der Waals surface area contributed by atoms with Crippen LogP contribution in [-0.4, -0.2) is 16.8 Å². The number of nitrogens with one attached hydrogen (secondary N) is 1. The van der Waals surface area contributed by atoms with E-state index in [0.29, 0.717) is 13.2 Å². The summed E-state index contributed by atoms with van der Waals surface area (Å²) >= 11 is 0. The number of nitrogens with two attached hydrogens (primary N) is 1. The summed E-state index contributed by atoms with van der Waals surface area (Å²) in [4.78, 5) is 0. The van der Waals surface area contributed by atoms with Crippen molar-refractivity contribution in [3.05, 3.63) is 35.0 Å². The molecule has 1 heterocycles. The van der Waals surface area contributed by atoms with E-state index in [-0.39, 0.29) is 0 Å². The van der Waals surface area contributed by atoms with Crippen LogP contribution in [0.3, 0.4) is 0 Å². The van der Waals surface area contributed by atoms with Crippen LogP contribution in [0.15, 0.2) is 18.2 Å².